The van der Waals surface area contributed by atoms with Crippen molar-refractivity contribution in [1.82, 2.24) is 0 Å². The summed E-state index contributed by atoms with van der Waals surface area (Å²) in [6.07, 6.45) is 0. The molecular weight excluding hydrogens is 253 g/mol. The number of benzene rings is 2. The molecule has 2 rings (SSSR count). The van der Waals surface area contributed by atoms with Crippen LogP contribution in [-0.4, -0.2) is 36.2 Å². The van der Waals surface area contributed by atoms with Crippen LogP contribution in [0.3, 0.4) is 0 Å². The van der Waals surface area contributed by atoms with Gasteiger partial charge < -0.3 is 5.11 Å². The number of nitrogens with two attached hydrogens (primary N) is 1. The molecule has 0 bridgehead atoms. The summed E-state index contributed by atoms with van der Waals surface area (Å²) in [5, 5.41) is 17.4. The van der Waals surface area contributed by atoms with E-state index in [1.54, 1.807) is 24.3 Å². The second-order valence-electron chi connectivity index (χ2n) is 3.63. The number of primary amides is 1. The van der Waals surface area contributed by atoms with Crippen molar-refractivity contribution in [3.63, 3.8) is 0 Å². The zero-order valence-electron chi connectivity index (χ0n) is 10.5. The summed E-state index contributed by atoms with van der Waals surface area (Å²) in [7, 11) is 0. The zero-order chi connectivity index (χ0) is 14.1. The monoisotopic (exact) mass is 265 g/mol. The molecule has 0 atom stereocenters. The van der Waals surface area contributed by atoms with Crippen LogP contribution in [0.2, 0.25) is 0 Å². The molecule has 0 unspecified atom stereocenters. The first-order valence-corrected chi connectivity index (χ1v) is 6.60. The molecule has 0 saturated heterocycles. The molecule has 19 heavy (non-hydrogen) atoms. The van der Waals surface area contributed by atoms with Crippen LogP contribution in [-0.2, 0) is 0 Å². The van der Waals surface area contributed by atoms with Crippen molar-refractivity contribution in [3.05, 3.63) is 54.6 Å². The van der Waals surface area contributed by atoms with E-state index in [1.807, 2.05) is 30.3 Å². The van der Waals surface area contributed by atoms with Gasteiger partial charge in [-0.1, -0.05) is 30.3 Å². The Morgan fingerprint density at radius 3 is 2.11 bits per heavy atom. The minimum absolute atomic E-state index is 0.136. The summed E-state index contributed by atoms with van der Waals surface area (Å²) in [6.45, 7) is 0. The third-order valence-electron chi connectivity index (χ3n) is 1.91. The van der Waals surface area contributed by atoms with E-state index in [4.69, 9.17) is 0 Å². The molecule has 0 aliphatic rings. The van der Waals surface area contributed by atoms with Gasteiger partial charge in [0.05, 0.1) is 5.69 Å². The maximum absolute atomic E-state index is 9.43. The van der Waals surface area contributed by atoms with Crippen LogP contribution >= 0.6 is 0 Å². The molecule has 2 aromatic rings. The summed E-state index contributed by atoms with van der Waals surface area (Å²) < 4.78 is -0.194. The van der Waals surface area contributed by atoms with Crippen molar-refractivity contribution in [3.8, 4) is 5.75 Å². The Balaban J connectivity index is 0.000000399. The number of amides is 1. The Morgan fingerprint density at radius 1 is 1.00 bits per heavy atom. The number of phenolic OH excluding ortho intramolecular Hbond substituents is 1. The van der Waals surface area contributed by atoms with E-state index in [-0.39, 0.29) is 8.91 Å². The number of carbonyl (C=O) groups excluding carboxylic acids is 1. The van der Waals surface area contributed by atoms with Crippen LogP contribution in [0.15, 0.2) is 64.8 Å². The first-order chi connectivity index (χ1) is 9.09. The molecule has 0 aliphatic heterocycles. The van der Waals surface area contributed by atoms with Crippen molar-refractivity contribution < 1.29 is 9.90 Å². The number of hydrogen-bond donors (Lipinski definition) is 2. The number of azo groups is 1. The Morgan fingerprint density at radius 2 is 1.53 bits per heavy atom. The van der Waals surface area contributed by atoms with E-state index in [2.05, 4.69) is 16.0 Å². The molecule has 3 N–H and O–H groups in total. The van der Waals surface area contributed by atoms with Gasteiger partial charge in [0.1, 0.15) is 11.4 Å². The van der Waals surface area contributed by atoms with Gasteiger partial charge in [-0.05, 0) is 24.3 Å². The van der Waals surface area contributed by atoms with Crippen LogP contribution in [0, 0.1) is 0 Å². The maximum Gasteiger partial charge on any atom is 0.143 e. The predicted octanol–water partition coefficient (Wildman–Crippen LogP) is 3.04. The maximum atomic E-state index is 9.43. The Kier molecular flexibility index (Phi) is 6.81. The third-order valence-corrected chi connectivity index (χ3v) is 1.91. The van der Waals surface area contributed by atoms with Gasteiger partial charge in [0.25, 0.3) is 0 Å². The number of nitrogens with zero attached hydrogens (tertiary/aromatic N) is 2. The predicted molar refractivity (Wildman–Crippen MR) is 74.1 cm³/mol. The van der Waals surface area contributed by atoms with Gasteiger partial charge in [0, 0.05) is 0 Å². The molecule has 0 spiro atoms. The molecule has 0 fully saturated rings. The third kappa shape index (κ3) is 6.71. The van der Waals surface area contributed by atoms with Crippen LogP contribution < -0.4 is 5.73 Å². The number of aromatic hydroxyl groups is 1. The van der Waals surface area contributed by atoms with Crippen LogP contribution in [0.25, 0.3) is 0 Å². The van der Waals surface area contributed by atoms with Gasteiger partial charge >= 0.3 is 41.6 Å². The summed E-state index contributed by atoms with van der Waals surface area (Å²) in [6, 6.07) is 16.2. The van der Waals surface area contributed by atoms with E-state index in [1.165, 1.54) is 0 Å². The van der Waals surface area contributed by atoms with Crippen LogP contribution in [0.4, 0.5) is 16.2 Å². The Labute approximate surface area is 128 Å². The smallest absolute Gasteiger partial charge is 0.143 e. The van der Waals surface area contributed by atoms with E-state index in [0.29, 0.717) is 33.6 Å². The number of hydrogen-bond acceptors (Lipinski definition) is 4. The first-order valence-electron chi connectivity index (χ1n) is 5.60. The standard InChI is InChI=1S/C12H10N2O.CH2NO.Na/c15-12-9-5-4-8-11(12)14-13-10-6-2-1-3-7-10;2-1-3;/h1-9,15H;(H2,2,3);. The second kappa shape index (κ2) is 8.42. The summed E-state index contributed by atoms with van der Waals surface area (Å²) >= 11 is 0.488. The van der Waals surface area contributed by atoms with E-state index in [9.17, 15) is 9.90 Å². The minimum Gasteiger partial charge on any atom is -0.506 e. The molecule has 0 aromatic heterocycles. The van der Waals surface area contributed by atoms with Crippen molar-refractivity contribution in [2.75, 3.05) is 0 Å². The van der Waals surface area contributed by atoms with Crippen molar-refractivity contribution in [1.29, 1.82) is 0 Å². The molecule has 2 aromatic carbocycles. The van der Waals surface area contributed by atoms with Crippen LogP contribution in [0.5, 0.6) is 5.75 Å². The molecule has 5 nitrogen and oxygen atoms in total. The number of phenols is 1. The average molecular weight is 265 g/mol. The van der Waals surface area contributed by atoms with Crippen molar-refractivity contribution in [2.45, 2.75) is 0 Å². The number of carbonyl (C=O) groups is 1. The molecule has 1 amide bonds. The number of rotatable bonds is 2. The topological polar surface area (TPSA) is 88.0 Å². The van der Waals surface area contributed by atoms with E-state index < -0.39 is 0 Å². The van der Waals surface area contributed by atoms with E-state index in [0.717, 1.165) is 5.69 Å². The molecule has 0 radical (unpaired) electrons. The number of para-hydroxylation sites is 1. The molecule has 92 valence electrons. The molecule has 6 heteroatoms. The van der Waals surface area contributed by atoms with Gasteiger partial charge in [-0.3, -0.25) is 0 Å². The van der Waals surface area contributed by atoms with Crippen molar-refractivity contribution >= 4 is 42.5 Å². The quantitative estimate of drug-likeness (QED) is 0.645. The van der Waals surface area contributed by atoms with Gasteiger partial charge in [0.15, 0.2) is 0 Å². The van der Waals surface area contributed by atoms with Gasteiger partial charge in [-0.25, -0.2) is 0 Å². The first kappa shape index (κ1) is 15.4. The zero-order valence-corrected chi connectivity index (χ0v) is 12.5. The van der Waals surface area contributed by atoms with Gasteiger partial charge in [0.2, 0.25) is 0 Å². The second-order valence-corrected chi connectivity index (χ2v) is 4.62. The summed E-state index contributed by atoms with van der Waals surface area (Å²) in [5.41, 5.74) is 5.77. The van der Waals surface area contributed by atoms with Crippen molar-refractivity contribution in [2.24, 2.45) is 16.0 Å². The molecular formula is C13H12N3NaO2. The Hall–Kier alpha value is -1.69. The van der Waals surface area contributed by atoms with Crippen LogP contribution in [0.1, 0.15) is 0 Å². The molecule has 0 aliphatic carbocycles. The normalized spacial score (nSPS) is 9.79. The fourth-order valence-corrected chi connectivity index (χ4v) is 1.15. The van der Waals surface area contributed by atoms with Gasteiger partial charge in [-0.2, -0.15) is 5.11 Å². The average Bonchev–Trinajstić information content (AvgIpc) is 2.38. The summed E-state index contributed by atoms with van der Waals surface area (Å²) in [5.74, 6) is 0.136. The fraction of sp³-hybridized carbons (Fsp3) is 0. The largest absolute Gasteiger partial charge is 0.506 e. The van der Waals surface area contributed by atoms with E-state index >= 15 is 0 Å². The Bertz CT molecular complexity index is 555. The van der Waals surface area contributed by atoms with Gasteiger partial charge in [-0.15, -0.1) is 5.11 Å². The fourth-order valence-electron chi connectivity index (χ4n) is 1.15. The molecule has 0 saturated carbocycles. The SMILES string of the molecule is N[C](=O)[Na].Oc1ccccc1N=Nc1ccccc1. The minimum atomic E-state index is -0.194. The summed E-state index contributed by atoms with van der Waals surface area (Å²) in [4.78, 5) is 9.28. The molecule has 0 heterocycles.